The summed E-state index contributed by atoms with van der Waals surface area (Å²) in [5, 5.41) is 0. The molecule has 2 N–H and O–H groups in total. The average Bonchev–Trinajstić information content (AvgIpc) is 3.10. The first-order valence-electron chi connectivity index (χ1n) is 9.00. The van der Waals surface area contributed by atoms with Crippen LogP contribution in [-0.4, -0.2) is 47.8 Å². The number of piperidine rings is 1. The SMILES string of the molecule is CCC1(c2ccc(N)cc2)CCC(=O)N(CCN2CCCC2)C1=O.Cl. The van der Waals surface area contributed by atoms with Crippen molar-refractivity contribution in [2.75, 3.05) is 31.9 Å². The first-order chi connectivity index (χ1) is 11.6. The lowest BCUT2D eigenvalue weighted by Crippen LogP contribution is -2.55. The zero-order valence-electron chi connectivity index (χ0n) is 14.9. The molecule has 0 bridgehead atoms. The maximum atomic E-state index is 13.2. The predicted molar refractivity (Wildman–Crippen MR) is 102 cm³/mol. The van der Waals surface area contributed by atoms with E-state index < -0.39 is 5.41 Å². The van der Waals surface area contributed by atoms with Crippen molar-refractivity contribution in [2.45, 2.75) is 44.4 Å². The Morgan fingerprint density at radius 3 is 2.32 bits per heavy atom. The fourth-order valence-corrected chi connectivity index (χ4v) is 4.01. The van der Waals surface area contributed by atoms with Crippen LogP contribution in [0.15, 0.2) is 24.3 Å². The number of carbonyl (C=O) groups is 2. The first kappa shape index (κ1) is 19.7. The Balaban J connectivity index is 0.00000225. The summed E-state index contributed by atoms with van der Waals surface area (Å²) < 4.78 is 0. The standard InChI is InChI=1S/C19H27N3O2.ClH/c1-2-19(15-5-7-16(20)8-6-15)10-9-17(23)22(18(19)24)14-13-21-11-3-4-12-21;/h5-8H,2-4,9-14,20H2,1H3;1H. The summed E-state index contributed by atoms with van der Waals surface area (Å²) >= 11 is 0. The lowest BCUT2D eigenvalue weighted by Gasteiger charge is -2.41. The number of nitrogens with two attached hydrogens (primary N) is 1. The number of imide groups is 1. The molecule has 0 aliphatic carbocycles. The van der Waals surface area contributed by atoms with Gasteiger partial charge in [-0.25, -0.2) is 0 Å². The number of carbonyl (C=O) groups excluding carboxylic acids is 2. The lowest BCUT2D eigenvalue weighted by molar-refractivity contribution is -0.153. The lowest BCUT2D eigenvalue weighted by atomic mass is 9.71. The smallest absolute Gasteiger partial charge is 0.239 e. The van der Waals surface area contributed by atoms with Gasteiger partial charge in [-0.15, -0.1) is 12.4 Å². The molecule has 25 heavy (non-hydrogen) atoms. The molecule has 2 amide bonds. The van der Waals surface area contributed by atoms with Crippen LogP contribution in [0.4, 0.5) is 5.69 Å². The molecule has 6 heteroatoms. The summed E-state index contributed by atoms with van der Waals surface area (Å²) in [7, 11) is 0. The van der Waals surface area contributed by atoms with Gasteiger partial charge in [0.15, 0.2) is 0 Å². The van der Waals surface area contributed by atoms with E-state index in [0.717, 1.165) is 25.2 Å². The van der Waals surface area contributed by atoms with E-state index in [2.05, 4.69) is 4.90 Å². The van der Waals surface area contributed by atoms with Crippen molar-refractivity contribution in [2.24, 2.45) is 0 Å². The van der Waals surface area contributed by atoms with Gasteiger partial charge in [0, 0.05) is 25.2 Å². The van der Waals surface area contributed by atoms with Crippen molar-refractivity contribution in [3.8, 4) is 0 Å². The van der Waals surface area contributed by atoms with Gasteiger partial charge in [0.2, 0.25) is 11.8 Å². The minimum Gasteiger partial charge on any atom is -0.399 e. The number of amides is 2. The fraction of sp³-hybridized carbons (Fsp3) is 0.579. The van der Waals surface area contributed by atoms with Crippen molar-refractivity contribution in [1.29, 1.82) is 0 Å². The molecule has 0 radical (unpaired) electrons. The molecule has 3 rings (SSSR count). The molecule has 2 aliphatic heterocycles. The van der Waals surface area contributed by atoms with E-state index in [1.165, 1.54) is 17.7 Å². The van der Waals surface area contributed by atoms with Gasteiger partial charge in [-0.3, -0.25) is 14.5 Å². The quantitative estimate of drug-likeness (QED) is 0.643. The molecule has 2 aliphatic rings. The van der Waals surface area contributed by atoms with Crippen molar-refractivity contribution in [1.82, 2.24) is 9.80 Å². The number of nitrogen functional groups attached to an aromatic ring is 1. The second-order valence-corrected chi connectivity index (χ2v) is 6.96. The van der Waals surface area contributed by atoms with E-state index in [-0.39, 0.29) is 24.2 Å². The van der Waals surface area contributed by atoms with Crippen LogP contribution in [0.1, 0.15) is 44.6 Å². The molecule has 2 heterocycles. The number of benzene rings is 1. The molecule has 138 valence electrons. The van der Waals surface area contributed by atoms with Crippen molar-refractivity contribution >= 4 is 29.9 Å². The van der Waals surface area contributed by atoms with Crippen molar-refractivity contribution < 1.29 is 9.59 Å². The van der Waals surface area contributed by atoms with Crippen LogP contribution < -0.4 is 5.73 Å². The average molecular weight is 366 g/mol. The summed E-state index contributed by atoms with van der Waals surface area (Å²) in [6, 6.07) is 7.55. The van der Waals surface area contributed by atoms with E-state index in [0.29, 0.717) is 31.5 Å². The number of likely N-dealkylation sites (tertiary alicyclic amines) is 2. The fourth-order valence-electron chi connectivity index (χ4n) is 4.01. The molecule has 1 aromatic rings. The molecule has 2 saturated heterocycles. The molecule has 0 saturated carbocycles. The maximum absolute atomic E-state index is 13.2. The largest absolute Gasteiger partial charge is 0.399 e. The zero-order valence-corrected chi connectivity index (χ0v) is 15.7. The Labute approximate surface area is 155 Å². The Morgan fingerprint density at radius 2 is 1.72 bits per heavy atom. The monoisotopic (exact) mass is 365 g/mol. The molecule has 1 unspecified atom stereocenters. The number of anilines is 1. The van der Waals surface area contributed by atoms with Gasteiger partial charge in [-0.1, -0.05) is 19.1 Å². The van der Waals surface area contributed by atoms with E-state index in [1.54, 1.807) is 0 Å². The van der Waals surface area contributed by atoms with Gasteiger partial charge in [-0.2, -0.15) is 0 Å². The molecule has 2 fully saturated rings. The highest BCUT2D eigenvalue weighted by atomic mass is 35.5. The number of hydrogen-bond donors (Lipinski definition) is 1. The minimum absolute atomic E-state index is 0. The highest BCUT2D eigenvalue weighted by Crippen LogP contribution is 2.39. The van der Waals surface area contributed by atoms with Gasteiger partial charge in [0.25, 0.3) is 0 Å². The van der Waals surface area contributed by atoms with E-state index >= 15 is 0 Å². The van der Waals surface area contributed by atoms with Gasteiger partial charge < -0.3 is 10.6 Å². The van der Waals surface area contributed by atoms with Crippen LogP contribution in [-0.2, 0) is 15.0 Å². The summed E-state index contributed by atoms with van der Waals surface area (Å²) in [5.41, 5.74) is 6.86. The Bertz CT molecular complexity index is 614. The van der Waals surface area contributed by atoms with Gasteiger partial charge >= 0.3 is 0 Å². The topological polar surface area (TPSA) is 66.6 Å². The highest BCUT2D eigenvalue weighted by Gasteiger charge is 2.46. The third kappa shape index (κ3) is 3.82. The number of halogens is 1. The number of nitrogens with zero attached hydrogens (tertiary/aromatic N) is 2. The summed E-state index contributed by atoms with van der Waals surface area (Å²) in [6.45, 7) is 5.48. The third-order valence-corrected chi connectivity index (χ3v) is 5.63. The first-order valence-corrected chi connectivity index (χ1v) is 9.00. The highest BCUT2D eigenvalue weighted by molar-refractivity contribution is 6.03. The Hall–Kier alpha value is -1.59. The Kier molecular flexibility index (Phi) is 6.47. The molecule has 0 spiro atoms. The van der Waals surface area contributed by atoms with Crippen LogP contribution in [0.2, 0.25) is 0 Å². The Morgan fingerprint density at radius 1 is 1.08 bits per heavy atom. The number of hydrogen-bond acceptors (Lipinski definition) is 4. The summed E-state index contributed by atoms with van der Waals surface area (Å²) in [4.78, 5) is 29.4. The molecule has 5 nitrogen and oxygen atoms in total. The van der Waals surface area contributed by atoms with Crippen LogP contribution in [0.25, 0.3) is 0 Å². The van der Waals surface area contributed by atoms with Crippen molar-refractivity contribution in [3.05, 3.63) is 29.8 Å². The van der Waals surface area contributed by atoms with Crippen LogP contribution in [0, 0.1) is 0 Å². The third-order valence-electron chi connectivity index (χ3n) is 5.63. The van der Waals surface area contributed by atoms with Gasteiger partial charge in [-0.05, 0) is 56.5 Å². The predicted octanol–water partition coefficient (Wildman–Crippen LogP) is 2.58. The molecular formula is C19H28ClN3O2. The van der Waals surface area contributed by atoms with E-state index in [1.807, 2.05) is 31.2 Å². The molecule has 1 atom stereocenters. The second kappa shape index (κ2) is 8.19. The van der Waals surface area contributed by atoms with Gasteiger partial charge in [0.1, 0.15) is 0 Å². The number of rotatable bonds is 5. The van der Waals surface area contributed by atoms with Crippen LogP contribution in [0.5, 0.6) is 0 Å². The maximum Gasteiger partial charge on any atom is 0.239 e. The minimum atomic E-state index is -0.591. The van der Waals surface area contributed by atoms with E-state index in [9.17, 15) is 9.59 Å². The van der Waals surface area contributed by atoms with Gasteiger partial charge in [0.05, 0.1) is 5.41 Å². The molecule has 1 aromatic carbocycles. The molecular weight excluding hydrogens is 338 g/mol. The zero-order chi connectivity index (χ0) is 17.2. The summed E-state index contributed by atoms with van der Waals surface area (Å²) in [6.07, 6.45) is 4.15. The van der Waals surface area contributed by atoms with E-state index in [4.69, 9.17) is 5.73 Å². The summed E-state index contributed by atoms with van der Waals surface area (Å²) in [5.74, 6) is -0.0658. The molecule has 0 aromatic heterocycles. The van der Waals surface area contributed by atoms with Crippen molar-refractivity contribution in [3.63, 3.8) is 0 Å². The second-order valence-electron chi connectivity index (χ2n) is 6.96. The van der Waals surface area contributed by atoms with Crippen LogP contribution >= 0.6 is 12.4 Å². The normalized spacial score (nSPS) is 24.4. The van der Waals surface area contributed by atoms with Crippen LogP contribution in [0.3, 0.4) is 0 Å².